The van der Waals surface area contributed by atoms with E-state index in [-0.39, 0.29) is 17.4 Å². The molecule has 0 radical (unpaired) electrons. The average Bonchev–Trinajstić information content (AvgIpc) is 2.89. The van der Waals surface area contributed by atoms with Gasteiger partial charge in [-0.1, -0.05) is 12.1 Å². The summed E-state index contributed by atoms with van der Waals surface area (Å²) in [6.45, 7) is 0. The molecular formula is C26H23F3N4O4S. The van der Waals surface area contributed by atoms with Gasteiger partial charge in [0.1, 0.15) is 5.82 Å². The number of sulfone groups is 1. The van der Waals surface area contributed by atoms with Crippen LogP contribution in [0.25, 0.3) is 11.1 Å². The van der Waals surface area contributed by atoms with Gasteiger partial charge in [0, 0.05) is 24.0 Å². The first-order valence-electron chi connectivity index (χ1n) is 12.0. The molecule has 1 aliphatic heterocycles. The molecule has 3 aromatic rings. The van der Waals surface area contributed by atoms with Gasteiger partial charge >= 0.3 is 6.18 Å². The third-order valence-corrected chi connectivity index (χ3v) is 9.15. The first-order valence-corrected chi connectivity index (χ1v) is 13.5. The van der Waals surface area contributed by atoms with E-state index in [1.165, 1.54) is 18.2 Å². The van der Waals surface area contributed by atoms with Crippen LogP contribution in [0.1, 0.15) is 47.3 Å². The third-order valence-electron chi connectivity index (χ3n) is 6.87. The number of alkyl halides is 3. The second-order valence-electron chi connectivity index (χ2n) is 9.39. The molecule has 3 heterocycles. The van der Waals surface area contributed by atoms with Crippen LogP contribution >= 0.6 is 0 Å². The highest BCUT2D eigenvalue weighted by Gasteiger charge is 2.33. The van der Waals surface area contributed by atoms with Crippen molar-refractivity contribution in [3.63, 3.8) is 0 Å². The molecule has 198 valence electrons. The Kier molecular flexibility index (Phi) is 6.68. The van der Waals surface area contributed by atoms with E-state index in [1.807, 2.05) is 0 Å². The number of hydrogen-bond acceptors (Lipinski definition) is 7. The zero-order valence-electron chi connectivity index (χ0n) is 20.0. The van der Waals surface area contributed by atoms with Crippen molar-refractivity contribution in [3.05, 3.63) is 71.7 Å². The highest BCUT2D eigenvalue weighted by molar-refractivity contribution is 7.92. The van der Waals surface area contributed by atoms with Crippen LogP contribution in [0.15, 0.2) is 59.8 Å². The number of carbonyl (C=O) groups is 2. The zero-order valence-corrected chi connectivity index (χ0v) is 20.8. The van der Waals surface area contributed by atoms with E-state index in [1.54, 1.807) is 24.4 Å². The van der Waals surface area contributed by atoms with Crippen molar-refractivity contribution in [2.45, 2.75) is 54.5 Å². The minimum Gasteiger partial charge on any atom is -0.367 e. The van der Waals surface area contributed by atoms with Gasteiger partial charge in [0.25, 0.3) is 5.91 Å². The molecule has 8 nitrogen and oxygen atoms in total. The van der Waals surface area contributed by atoms with E-state index < -0.39 is 38.6 Å². The summed E-state index contributed by atoms with van der Waals surface area (Å²) in [7, 11) is -3.59. The third kappa shape index (κ3) is 5.26. The molecule has 5 rings (SSSR count). The van der Waals surface area contributed by atoms with Crippen LogP contribution < -0.4 is 10.6 Å². The van der Waals surface area contributed by atoms with Crippen LogP contribution in [0.3, 0.4) is 0 Å². The van der Waals surface area contributed by atoms with Crippen molar-refractivity contribution in [3.8, 4) is 11.1 Å². The molecule has 1 fully saturated rings. The fourth-order valence-electron chi connectivity index (χ4n) is 4.78. The normalized spacial score (nSPS) is 20.0. The van der Waals surface area contributed by atoms with Crippen LogP contribution in [0, 0.1) is 0 Å². The lowest BCUT2D eigenvalue weighted by molar-refractivity contribution is -0.137. The molecule has 0 saturated heterocycles. The predicted molar refractivity (Wildman–Crippen MR) is 132 cm³/mol. The number of imide groups is 1. The number of rotatable bonds is 5. The highest BCUT2D eigenvalue weighted by Crippen LogP contribution is 2.33. The Bertz CT molecular complexity index is 1480. The molecule has 1 saturated carbocycles. The molecule has 0 bridgehead atoms. The van der Waals surface area contributed by atoms with E-state index in [0.717, 1.165) is 12.3 Å². The maximum absolute atomic E-state index is 13.3. The number of fused-ring (bicyclic) bond motifs is 1. The summed E-state index contributed by atoms with van der Waals surface area (Å²) in [4.78, 5) is 31.9. The fraction of sp³-hybridized carbons (Fsp3) is 0.308. The van der Waals surface area contributed by atoms with Gasteiger partial charge in [0.15, 0.2) is 9.84 Å². The molecule has 1 aliphatic carbocycles. The Labute approximate surface area is 216 Å². The molecular weight excluding hydrogens is 521 g/mol. The Morgan fingerprint density at radius 3 is 2.24 bits per heavy atom. The second-order valence-corrected chi connectivity index (χ2v) is 11.6. The maximum Gasteiger partial charge on any atom is 0.417 e. The number of carbonyl (C=O) groups excluding carboxylic acids is 2. The summed E-state index contributed by atoms with van der Waals surface area (Å²) >= 11 is 0. The number of pyridine rings is 2. The van der Waals surface area contributed by atoms with Crippen molar-refractivity contribution >= 4 is 27.5 Å². The van der Waals surface area contributed by atoms with Gasteiger partial charge in [-0.3, -0.25) is 19.9 Å². The number of nitrogens with zero attached hydrogens (tertiary/aromatic N) is 2. The summed E-state index contributed by atoms with van der Waals surface area (Å²) < 4.78 is 64.7. The number of hydrogen-bond donors (Lipinski definition) is 2. The van der Waals surface area contributed by atoms with Crippen LogP contribution in [0.4, 0.5) is 19.0 Å². The molecule has 0 spiro atoms. The molecule has 2 amide bonds. The highest BCUT2D eigenvalue weighted by atomic mass is 32.2. The average molecular weight is 545 g/mol. The minimum absolute atomic E-state index is 0.0250. The summed E-state index contributed by atoms with van der Waals surface area (Å²) in [6.07, 6.45) is -0.211. The van der Waals surface area contributed by atoms with Crippen molar-refractivity contribution in [2.24, 2.45) is 0 Å². The van der Waals surface area contributed by atoms with Crippen LogP contribution in [0.2, 0.25) is 0 Å². The van der Waals surface area contributed by atoms with Gasteiger partial charge in [-0.05, 0) is 61.6 Å². The number of halogens is 3. The SMILES string of the molecule is O=C1Cc2ncc(-c3ccc(S(=O)(=O)C4CCC(Nc5ccc(C(F)(F)F)cn5)CC4)cc3)cc2C(=O)N1. The molecule has 38 heavy (non-hydrogen) atoms. The molecule has 2 aliphatic rings. The number of amides is 2. The Morgan fingerprint density at radius 2 is 1.61 bits per heavy atom. The van der Waals surface area contributed by atoms with Crippen LogP contribution in [-0.2, 0) is 27.2 Å². The van der Waals surface area contributed by atoms with E-state index in [4.69, 9.17) is 0 Å². The van der Waals surface area contributed by atoms with Crippen molar-refractivity contribution in [1.82, 2.24) is 15.3 Å². The summed E-state index contributed by atoms with van der Waals surface area (Å²) in [5, 5.41) is 4.78. The van der Waals surface area contributed by atoms with Gasteiger partial charge in [0.2, 0.25) is 5.91 Å². The Morgan fingerprint density at radius 1 is 0.895 bits per heavy atom. The van der Waals surface area contributed by atoms with Crippen molar-refractivity contribution in [2.75, 3.05) is 5.32 Å². The zero-order chi connectivity index (χ0) is 27.1. The first kappa shape index (κ1) is 25.8. The van der Waals surface area contributed by atoms with E-state index >= 15 is 0 Å². The summed E-state index contributed by atoms with van der Waals surface area (Å²) in [5.74, 6) is -0.594. The quantitative estimate of drug-likeness (QED) is 0.463. The Balaban J connectivity index is 1.23. The summed E-state index contributed by atoms with van der Waals surface area (Å²) in [6, 6.07) is 10.2. The van der Waals surface area contributed by atoms with Crippen molar-refractivity contribution in [1.29, 1.82) is 0 Å². The maximum atomic E-state index is 13.3. The molecule has 2 aromatic heterocycles. The number of benzene rings is 1. The molecule has 2 N–H and O–H groups in total. The number of anilines is 1. The van der Waals surface area contributed by atoms with E-state index in [2.05, 4.69) is 20.6 Å². The lowest BCUT2D eigenvalue weighted by Crippen LogP contribution is -2.37. The predicted octanol–water partition coefficient (Wildman–Crippen LogP) is 4.17. The second kappa shape index (κ2) is 9.82. The lowest BCUT2D eigenvalue weighted by atomic mass is 9.95. The fourth-order valence-corrected chi connectivity index (χ4v) is 6.57. The smallest absolute Gasteiger partial charge is 0.367 e. The summed E-state index contributed by atoms with van der Waals surface area (Å²) in [5.41, 5.74) is 1.20. The van der Waals surface area contributed by atoms with E-state index in [9.17, 15) is 31.2 Å². The topological polar surface area (TPSA) is 118 Å². The standard InChI is InChI=1S/C26H23F3N4O4S/c27-26(28,29)17-3-10-23(31-14-17)32-18-4-8-20(9-5-18)38(36,37)19-6-1-15(2-7-19)16-11-21-22(30-13-16)12-24(34)33-25(21)35/h1-3,6-7,10-11,13-14,18,20H,4-5,8-9,12H2,(H,31,32)(H,33,34,35). The van der Waals surface area contributed by atoms with Crippen LogP contribution in [0.5, 0.6) is 0 Å². The number of aromatic nitrogens is 2. The largest absolute Gasteiger partial charge is 0.417 e. The molecule has 0 atom stereocenters. The lowest BCUT2D eigenvalue weighted by Gasteiger charge is -2.29. The molecule has 0 unspecified atom stereocenters. The van der Waals surface area contributed by atoms with Gasteiger partial charge in [0.05, 0.1) is 33.4 Å². The van der Waals surface area contributed by atoms with Gasteiger partial charge in [-0.15, -0.1) is 0 Å². The minimum atomic E-state index is -4.45. The monoisotopic (exact) mass is 544 g/mol. The molecule has 1 aromatic carbocycles. The van der Waals surface area contributed by atoms with Gasteiger partial charge in [-0.25, -0.2) is 13.4 Å². The Hall–Kier alpha value is -3.80. The first-order chi connectivity index (χ1) is 18.0. The molecule has 12 heteroatoms. The van der Waals surface area contributed by atoms with Gasteiger partial charge in [-0.2, -0.15) is 13.2 Å². The van der Waals surface area contributed by atoms with Gasteiger partial charge < -0.3 is 5.32 Å². The van der Waals surface area contributed by atoms with Crippen LogP contribution in [-0.4, -0.2) is 41.5 Å². The van der Waals surface area contributed by atoms with E-state index in [0.29, 0.717) is 53.9 Å². The number of nitrogens with one attached hydrogen (secondary N) is 2. The van der Waals surface area contributed by atoms with Crippen molar-refractivity contribution < 1.29 is 31.2 Å².